The molecule has 1 heterocycles. The maximum absolute atomic E-state index is 12.9. The number of morpholine rings is 1. The number of rotatable bonds is 7. The SMILES string of the molecule is CN(C)S(=O)(=O)N(CC(=O)Nc1ccccc1C(=O)N1CCOCC1)c1ccccc1. The molecule has 0 spiro atoms. The number of carbonyl (C=O) groups excluding carboxylic acids is 2. The molecular weight excluding hydrogens is 420 g/mol. The highest BCUT2D eigenvalue weighted by Gasteiger charge is 2.28. The van der Waals surface area contributed by atoms with Crippen LogP contribution >= 0.6 is 0 Å². The standard InChI is InChI=1S/C21H26N4O5S/c1-23(2)31(28,29)25(17-8-4-3-5-9-17)16-20(26)22-19-11-7-6-10-18(19)21(27)24-12-14-30-15-13-24/h3-11H,12-16H2,1-2H3,(H,22,26). The van der Waals surface area contributed by atoms with Gasteiger partial charge in [0.2, 0.25) is 5.91 Å². The van der Waals surface area contributed by atoms with E-state index in [2.05, 4.69) is 5.32 Å². The van der Waals surface area contributed by atoms with Gasteiger partial charge in [0.15, 0.2) is 0 Å². The number of hydrogen-bond acceptors (Lipinski definition) is 5. The third-order valence-electron chi connectivity index (χ3n) is 4.80. The normalized spacial score (nSPS) is 14.4. The molecule has 2 amide bonds. The first-order valence-corrected chi connectivity index (χ1v) is 11.2. The van der Waals surface area contributed by atoms with Crippen molar-refractivity contribution in [2.75, 3.05) is 56.6 Å². The van der Waals surface area contributed by atoms with E-state index in [1.807, 2.05) is 0 Å². The van der Waals surface area contributed by atoms with Gasteiger partial charge < -0.3 is 15.0 Å². The number of nitrogens with one attached hydrogen (secondary N) is 1. The van der Waals surface area contributed by atoms with Crippen molar-refractivity contribution in [1.29, 1.82) is 0 Å². The average molecular weight is 447 g/mol. The van der Waals surface area contributed by atoms with E-state index < -0.39 is 22.7 Å². The minimum absolute atomic E-state index is 0.208. The van der Waals surface area contributed by atoms with Crippen LogP contribution in [0.25, 0.3) is 0 Å². The van der Waals surface area contributed by atoms with Crippen LogP contribution in [0, 0.1) is 0 Å². The van der Waals surface area contributed by atoms with Gasteiger partial charge in [-0.05, 0) is 24.3 Å². The Balaban J connectivity index is 1.81. The third kappa shape index (κ3) is 5.40. The third-order valence-corrected chi connectivity index (χ3v) is 6.62. The van der Waals surface area contributed by atoms with E-state index in [0.29, 0.717) is 43.2 Å². The smallest absolute Gasteiger partial charge is 0.304 e. The number of hydrogen-bond donors (Lipinski definition) is 1. The molecule has 1 aliphatic heterocycles. The summed E-state index contributed by atoms with van der Waals surface area (Å²) in [6.07, 6.45) is 0. The van der Waals surface area contributed by atoms with Crippen molar-refractivity contribution in [3.8, 4) is 0 Å². The molecule has 9 nitrogen and oxygen atoms in total. The quantitative estimate of drug-likeness (QED) is 0.693. The number of anilines is 2. The second kappa shape index (κ2) is 9.90. The zero-order valence-electron chi connectivity index (χ0n) is 17.5. The molecule has 0 bridgehead atoms. The molecule has 0 aromatic heterocycles. The topological polar surface area (TPSA) is 99.3 Å². The van der Waals surface area contributed by atoms with Gasteiger partial charge in [-0.3, -0.25) is 9.59 Å². The predicted octanol–water partition coefficient (Wildman–Crippen LogP) is 1.41. The van der Waals surface area contributed by atoms with Crippen molar-refractivity contribution in [3.63, 3.8) is 0 Å². The summed E-state index contributed by atoms with van der Waals surface area (Å²) < 4.78 is 33.0. The van der Waals surface area contributed by atoms with Crippen LogP contribution in [0.1, 0.15) is 10.4 Å². The van der Waals surface area contributed by atoms with E-state index in [1.54, 1.807) is 59.5 Å². The first-order chi connectivity index (χ1) is 14.8. The first kappa shape index (κ1) is 22.7. The summed E-state index contributed by atoms with van der Waals surface area (Å²) in [4.78, 5) is 27.4. The molecule has 1 N–H and O–H groups in total. The molecule has 0 unspecified atom stereocenters. The van der Waals surface area contributed by atoms with Crippen molar-refractivity contribution in [2.24, 2.45) is 0 Å². The minimum atomic E-state index is -3.91. The van der Waals surface area contributed by atoms with Gasteiger partial charge in [0.25, 0.3) is 5.91 Å². The number of nitrogens with zero attached hydrogens (tertiary/aromatic N) is 3. The van der Waals surface area contributed by atoms with Crippen LogP contribution in [0.2, 0.25) is 0 Å². The van der Waals surface area contributed by atoms with Crippen molar-refractivity contribution in [3.05, 3.63) is 60.2 Å². The second-order valence-electron chi connectivity index (χ2n) is 7.13. The molecule has 166 valence electrons. The van der Waals surface area contributed by atoms with E-state index in [9.17, 15) is 18.0 Å². The number of ether oxygens (including phenoxy) is 1. The monoisotopic (exact) mass is 446 g/mol. The summed E-state index contributed by atoms with van der Waals surface area (Å²) in [5.41, 5.74) is 1.04. The molecule has 0 radical (unpaired) electrons. The number of amides is 2. The van der Waals surface area contributed by atoms with Crippen LogP contribution < -0.4 is 9.62 Å². The highest BCUT2D eigenvalue weighted by molar-refractivity contribution is 7.90. The largest absolute Gasteiger partial charge is 0.378 e. The van der Waals surface area contributed by atoms with Gasteiger partial charge in [-0.15, -0.1) is 0 Å². The molecule has 31 heavy (non-hydrogen) atoms. The maximum Gasteiger partial charge on any atom is 0.304 e. The lowest BCUT2D eigenvalue weighted by Crippen LogP contribution is -2.44. The van der Waals surface area contributed by atoms with Crippen molar-refractivity contribution >= 4 is 33.4 Å². The van der Waals surface area contributed by atoms with Crippen LogP contribution in [-0.2, 0) is 19.7 Å². The Bertz CT molecular complexity index is 1020. The summed E-state index contributed by atoms with van der Waals surface area (Å²) in [5.74, 6) is -0.767. The van der Waals surface area contributed by atoms with E-state index in [0.717, 1.165) is 8.61 Å². The molecule has 3 rings (SSSR count). The van der Waals surface area contributed by atoms with Gasteiger partial charge in [0.1, 0.15) is 6.54 Å². The molecular formula is C21H26N4O5S. The van der Waals surface area contributed by atoms with E-state index in [4.69, 9.17) is 4.74 Å². The lowest BCUT2D eigenvalue weighted by Gasteiger charge is -2.28. The second-order valence-corrected chi connectivity index (χ2v) is 9.20. The zero-order valence-corrected chi connectivity index (χ0v) is 18.3. The molecule has 1 saturated heterocycles. The molecule has 0 atom stereocenters. The van der Waals surface area contributed by atoms with Crippen LogP contribution in [0.4, 0.5) is 11.4 Å². The first-order valence-electron chi connectivity index (χ1n) is 9.82. The maximum atomic E-state index is 12.9. The zero-order chi connectivity index (χ0) is 22.4. The van der Waals surface area contributed by atoms with Gasteiger partial charge in [-0.1, -0.05) is 30.3 Å². The van der Waals surface area contributed by atoms with Gasteiger partial charge in [0, 0.05) is 27.2 Å². The fourth-order valence-corrected chi connectivity index (χ4v) is 4.20. The fourth-order valence-electron chi connectivity index (χ4n) is 3.13. The Kier molecular flexibility index (Phi) is 7.26. The van der Waals surface area contributed by atoms with E-state index >= 15 is 0 Å². The number of para-hydroxylation sites is 2. The number of carbonyl (C=O) groups is 2. The molecule has 2 aromatic rings. The van der Waals surface area contributed by atoms with Crippen LogP contribution in [0.15, 0.2) is 54.6 Å². The summed E-state index contributed by atoms with van der Waals surface area (Å²) in [6, 6.07) is 15.1. The summed E-state index contributed by atoms with van der Waals surface area (Å²) in [6.45, 7) is 1.45. The minimum Gasteiger partial charge on any atom is -0.378 e. The van der Waals surface area contributed by atoms with Gasteiger partial charge >= 0.3 is 10.2 Å². The van der Waals surface area contributed by atoms with Crippen molar-refractivity contribution < 1.29 is 22.7 Å². The lowest BCUT2D eigenvalue weighted by molar-refractivity contribution is -0.114. The van der Waals surface area contributed by atoms with E-state index in [-0.39, 0.29) is 5.91 Å². The molecule has 2 aromatic carbocycles. The molecule has 10 heteroatoms. The van der Waals surface area contributed by atoms with Crippen LogP contribution in [-0.4, -0.2) is 76.4 Å². The molecule has 0 aliphatic carbocycles. The Labute approximate surface area is 182 Å². The highest BCUT2D eigenvalue weighted by atomic mass is 32.2. The summed E-state index contributed by atoms with van der Waals surface area (Å²) in [5, 5.41) is 2.70. The van der Waals surface area contributed by atoms with E-state index in [1.165, 1.54) is 14.1 Å². The predicted molar refractivity (Wildman–Crippen MR) is 118 cm³/mol. The van der Waals surface area contributed by atoms with Gasteiger partial charge in [-0.25, -0.2) is 4.31 Å². The molecule has 1 aliphatic rings. The number of benzene rings is 2. The van der Waals surface area contributed by atoms with Gasteiger partial charge in [-0.2, -0.15) is 12.7 Å². The summed E-state index contributed by atoms with van der Waals surface area (Å²) >= 11 is 0. The van der Waals surface area contributed by atoms with Crippen molar-refractivity contribution in [2.45, 2.75) is 0 Å². The lowest BCUT2D eigenvalue weighted by atomic mass is 10.1. The Morgan fingerprint density at radius 1 is 1.00 bits per heavy atom. The molecule has 0 saturated carbocycles. The Morgan fingerprint density at radius 3 is 2.26 bits per heavy atom. The highest BCUT2D eigenvalue weighted by Crippen LogP contribution is 2.21. The van der Waals surface area contributed by atoms with Crippen LogP contribution in [0.3, 0.4) is 0 Å². The Morgan fingerprint density at radius 2 is 1.61 bits per heavy atom. The van der Waals surface area contributed by atoms with Crippen molar-refractivity contribution in [1.82, 2.24) is 9.21 Å². The Hall–Kier alpha value is -2.95. The summed E-state index contributed by atoms with van der Waals surface area (Å²) in [7, 11) is -1.10. The molecule has 1 fully saturated rings. The van der Waals surface area contributed by atoms with Crippen LogP contribution in [0.5, 0.6) is 0 Å². The average Bonchev–Trinajstić information content (AvgIpc) is 2.78. The fraction of sp³-hybridized carbons (Fsp3) is 0.333. The van der Waals surface area contributed by atoms with Gasteiger partial charge in [0.05, 0.1) is 30.2 Å².